The largest absolute Gasteiger partial charge is 0.444 e. The lowest BCUT2D eigenvalue weighted by atomic mass is 10.00. The standard InChI is InChI=1S/C31H45N3O4/c1-8-9-10-11-14-20-34(29(36)24(4)32-30(37)38-31(5,6)7)27(25-18-15-16-22(2)21-25)28(35)33-26-19-13-12-17-23(26)3/h12-13,15-19,21,24,27H,8-11,14,20H2,1-7H3,(H,32,37)(H,33,35). The Labute approximate surface area is 228 Å². The summed E-state index contributed by atoms with van der Waals surface area (Å²) in [6, 6.07) is 13.5. The normalized spacial score (nSPS) is 12.8. The number of carbonyl (C=O) groups is 3. The molecule has 0 fully saturated rings. The number of benzene rings is 2. The number of aryl methyl sites for hydroxylation is 2. The molecule has 38 heavy (non-hydrogen) atoms. The molecule has 0 aliphatic heterocycles. The highest BCUT2D eigenvalue weighted by Gasteiger charge is 2.34. The van der Waals surface area contributed by atoms with E-state index < -0.39 is 23.8 Å². The second-order valence-corrected chi connectivity index (χ2v) is 10.9. The second kappa shape index (κ2) is 14.6. The Hall–Kier alpha value is -3.35. The molecule has 2 unspecified atom stereocenters. The zero-order chi connectivity index (χ0) is 28.3. The van der Waals surface area contributed by atoms with Crippen molar-refractivity contribution in [3.05, 3.63) is 65.2 Å². The van der Waals surface area contributed by atoms with E-state index >= 15 is 0 Å². The van der Waals surface area contributed by atoms with Crippen molar-refractivity contribution >= 4 is 23.6 Å². The van der Waals surface area contributed by atoms with Gasteiger partial charge in [0.1, 0.15) is 17.7 Å². The fraction of sp³-hybridized carbons (Fsp3) is 0.516. The number of nitrogens with zero attached hydrogens (tertiary/aromatic N) is 1. The molecule has 0 aromatic heterocycles. The summed E-state index contributed by atoms with van der Waals surface area (Å²) in [4.78, 5) is 41.8. The summed E-state index contributed by atoms with van der Waals surface area (Å²) in [6.45, 7) is 13.4. The van der Waals surface area contributed by atoms with Crippen molar-refractivity contribution in [2.24, 2.45) is 0 Å². The van der Waals surface area contributed by atoms with E-state index in [0.29, 0.717) is 12.2 Å². The predicted octanol–water partition coefficient (Wildman–Crippen LogP) is 6.70. The van der Waals surface area contributed by atoms with Crippen molar-refractivity contribution < 1.29 is 19.1 Å². The van der Waals surface area contributed by atoms with Crippen LogP contribution < -0.4 is 10.6 Å². The van der Waals surface area contributed by atoms with Crippen LogP contribution in [0.5, 0.6) is 0 Å². The molecule has 3 amide bonds. The first kappa shape index (κ1) is 30.9. The van der Waals surface area contributed by atoms with E-state index in [4.69, 9.17) is 4.74 Å². The Morgan fingerprint density at radius 1 is 0.947 bits per heavy atom. The summed E-state index contributed by atoms with van der Waals surface area (Å²) in [5, 5.41) is 5.70. The van der Waals surface area contributed by atoms with E-state index in [0.717, 1.165) is 48.8 Å². The molecule has 2 N–H and O–H groups in total. The van der Waals surface area contributed by atoms with Crippen molar-refractivity contribution in [3.8, 4) is 0 Å². The number of amides is 3. The van der Waals surface area contributed by atoms with Crippen LogP contribution in [0.1, 0.15) is 89.5 Å². The van der Waals surface area contributed by atoms with Crippen molar-refractivity contribution in [1.29, 1.82) is 0 Å². The smallest absolute Gasteiger partial charge is 0.408 e. The molecule has 0 saturated carbocycles. The van der Waals surface area contributed by atoms with Gasteiger partial charge in [0, 0.05) is 12.2 Å². The van der Waals surface area contributed by atoms with Crippen molar-refractivity contribution in [3.63, 3.8) is 0 Å². The highest BCUT2D eigenvalue weighted by Crippen LogP contribution is 2.27. The van der Waals surface area contributed by atoms with Gasteiger partial charge in [-0.15, -0.1) is 0 Å². The van der Waals surface area contributed by atoms with Crippen LogP contribution in [0.2, 0.25) is 0 Å². The number of unbranched alkanes of at least 4 members (excludes halogenated alkanes) is 4. The first-order valence-electron chi connectivity index (χ1n) is 13.7. The average molecular weight is 524 g/mol. The average Bonchev–Trinajstić information content (AvgIpc) is 2.82. The molecule has 7 heteroatoms. The molecule has 0 spiro atoms. The first-order chi connectivity index (χ1) is 17.9. The van der Waals surface area contributed by atoms with Gasteiger partial charge in [0.15, 0.2) is 0 Å². The number of para-hydroxylation sites is 1. The SMILES string of the molecule is CCCCCCCN(C(=O)C(C)NC(=O)OC(C)(C)C)C(C(=O)Nc1ccccc1C)c1cccc(C)c1. The maximum absolute atomic E-state index is 13.9. The number of anilines is 1. The van der Waals surface area contributed by atoms with Gasteiger partial charge in [-0.1, -0.05) is 80.6 Å². The Balaban J connectivity index is 2.42. The van der Waals surface area contributed by atoms with Gasteiger partial charge in [-0.05, 0) is 65.2 Å². The minimum Gasteiger partial charge on any atom is -0.444 e. The molecule has 208 valence electrons. The quantitative estimate of drug-likeness (QED) is 0.303. The van der Waals surface area contributed by atoms with Gasteiger partial charge in [0.25, 0.3) is 5.91 Å². The van der Waals surface area contributed by atoms with Crippen LogP contribution in [0.25, 0.3) is 0 Å². The fourth-order valence-electron chi connectivity index (χ4n) is 4.27. The van der Waals surface area contributed by atoms with E-state index in [1.54, 1.807) is 32.6 Å². The Morgan fingerprint density at radius 2 is 1.63 bits per heavy atom. The molecular weight excluding hydrogens is 478 g/mol. The Kier molecular flexibility index (Phi) is 11.8. The van der Waals surface area contributed by atoms with Gasteiger partial charge >= 0.3 is 6.09 Å². The van der Waals surface area contributed by atoms with Crippen LogP contribution >= 0.6 is 0 Å². The van der Waals surface area contributed by atoms with E-state index in [-0.39, 0.29) is 11.8 Å². The maximum Gasteiger partial charge on any atom is 0.408 e. The molecular formula is C31H45N3O4. The summed E-state index contributed by atoms with van der Waals surface area (Å²) in [5.74, 6) is -0.630. The molecule has 0 aliphatic rings. The van der Waals surface area contributed by atoms with Crippen LogP contribution in [-0.2, 0) is 14.3 Å². The monoisotopic (exact) mass is 523 g/mol. The van der Waals surface area contributed by atoms with Gasteiger partial charge < -0.3 is 20.3 Å². The molecule has 2 aromatic rings. The summed E-state index contributed by atoms with van der Waals surface area (Å²) < 4.78 is 5.36. The van der Waals surface area contributed by atoms with Crippen molar-refractivity contribution in [2.45, 2.75) is 98.3 Å². The zero-order valence-electron chi connectivity index (χ0n) is 24.1. The summed E-state index contributed by atoms with van der Waals surface area (Å²) in [6.07, 6.45) is 4.34. The lowest BCUT2D eigenvalue weighted by Crippen LogP contribution is -2.51. The molecule has 0 aliphatic carbocycles. The molecule has 0 bridgehead atoms. The van der Waals surface area contributed by atoms with Crippen LogP contribution in [0.3, 0.4) is 0 Å². The van der Waals surface area contributed by atoms with E-state index in [1.807, 2.05) is 62.4 Å². The number of hydrogen-bond acceptors (Lipinski definition) is 4. The number of carbonyl (C=O) groups excluding carboxylic acids is 3. The Morgan fingerprint density at radius 3 is 2.26 bits per heavy atom. The maximum atomic E-state index is 13.9. The first-order valence-corrected chi connectivity index (χ1v) is 13.7. The predicted molar refractivity (Wildman–Crippen MR) is 153 cm³/mol. The Bertz CT molecular complexity index is 1080. The molecule has 2 rings (SSSR count). The minimum absolute atomic E-state index is 0.295. The lowest BCUT2D eigenvalue weighted by molar-refractivity contribution is -0.140. The lowest BCUT2D eigenvalue weighted by Gasteiger charge is -2.34. The van der Waals surface area contributed by atoms with E-state index in [9.17, 15) is 14.4 Å². The number of alkyl carbamates (subject to hydrolysis) is 1. The van der Waals surface area contributed by atoms with E-state index in [1.165, 1.54) is 0 Å². The molecule has 2 atom stereocenters. The van der Waals surface area contributed by atoms with Crippen LogP contribution in [0, 0.1) is 13.8 Å². The summed E-state index contributed by atoms with van der Waals surface area (Å²) >= 11 is 0. The van der Waals surface area contributed by atoms with Gasteiger partial charge in [0.2, 0.25) is 5.91 Å². The summed E-state index contributed by atoms with van der Waals surface area (Å²) in [5.41, 5.74) is 2.66. The van der Waals surface area contributed by atoms with E-state index in [2.05, 4.69) is 17.6 Å². The van der Waals surface area contributed by atoms with Crippen LogP contribution in [-0.4, -0.2) is 41.0 Å². The third-order valence-corrected chi connectivity index (χ3v) is 6.21. The molecule has 0 saturated heterocycles. The van der Waals surface area contributed by atoms with Crippen LogP contribution in [0.4, 0.5) is 10.5 Å². The van der Waals surface area contributed by atoms with Gasteiger partial charge in [-0.2, -0.15) is 0 Å². The third kappa shape index (κ3) is 9.84. The third-order valence-electron chi connectivity index (χ3n) is 6.21. The second-order valence-electron chi connectivity index (χ2n) is 10.9. The van der Waals surface area contributed by atoms with Gasteiger partial charge in [0.05, 0.1) is 0 Å². The fourth-order valence-corrected chi connectivity index (χ4v) is 4.27. The molecule has 0 heterocycles. The van der Waals surface area contributed by atoms with Gasteiger partial charge in [-0.3, -0.25) is 9.59 Å². The number of nitrogens with one attached hydrogen (secondary N) is 2. The zero-order valence-corrected chi connectivity index (χ0v) is 24.1. The topological polar surface area (TPSA) is 87.7 Å². The number of rotatable bonds is 12. The van der Waals surface area contributed by atoms with Crippen LogP contribution in [0.15, 0.2) is 48.5 Å². The highest BCUT2D eigenvalue weighted by molar-refractivity contribution is 5.99. The van der Waals surface area contributed by atoms with Crippen molar-refractivity contribution in [1.82, 2.24) is 10.2 Å². The van der Waals surface area contributed by atoms with Crippen molar-refractivity contribution in [2.75, 3.05) is 11.9 Å². The van der Waals surface area contributed by atoms with Gasteiger partial charge in [-0.25, -0.2) is 4.79 Å². The highest BCUT2D eigenvalue weighted by atomic mass is 16.6. The minimum atomic E-state index is -0.876. The number of hydrogen-bond donors (Lipinski definition) is 2. The molecule has 0 radical (unpaired) electrons. The summed E-state index contributed by atoms with van der Waals surface area (Å²) in [7, 11) is 0. The number of ether oxygens (including phenoxy) is 1. The molecule has 2 aromatic carbocycles. The molecule has 7 nitrogen and oxygen atoms in total.